The van der Waals surface area contributed by atoms with Crippen LogP contribution in [0, 0.1) is 6.92 Å². The zero-order valence-electron chi connectivity index (χ0n) is 13.1. The molecule has 0 unspecified atom stereocenters. The van der Waals surface area contributed by atoms with Gasteiger partial charge in [-0.3, -0.25) is 0 Å². The largest absolute Gasteiger partial charge is 0.367 e. The molecule has 2 aromatic carbocycles. The predicted octanol–water partition coefficient (Wildman–Crippen LogP) is 4.94. The van der Waals surface area contributed by atoms with Crippen molar-refractivity contribution < 1.29 is 4.74 Å². The van der Waals surface area contributed by atoms with Crippen molar-refractivity contribution in [1.29, 1.82) is 0 Å². The maximum Gasteiger partial charge on any atom is 0.0772 e. The zero-order valence-corrected chi connectivity index (χ0v) is 13.1. The van der Waals surface area contributed by atoms with Crippen molar-refractivity contribution in [3.63, 3.8) is 0 Å². The highest BCUT2D eigenvalue weighted by molar-refractivity contribution is 5.68. The molecule has 2 aromatic rings. The number of ether oxygens (including phenoxy) is 1. The number of benzene rings is 2. The van der Waals surface area contributed by atoms with Gasteiger partial charge >= 0.3 is 0 Å². The van der Waals surface area contributed by atoms with E-state index in [-0.39, 0.29) is 5.60 Å². The molecule has 0 amide bonds. The highest BCUT2D eigenvalue weighted by Crippen LogP contribution is 2.45. The molecule has 112 valence electrons. The van der Waals surface area contributed by atoms with E-state index in [2.05, 4.69) is 67.6 Å². The van der Waals surface area contributed by atoms with Crippen LogP contribution in [0.5, 0.6) is 0 Å². The minimum absolute atomic E-state index is 0.000982. The van der Waals surface area contributed by atoms with Crippen molar-refractivity contribution in [1.82, 2.24) is 0 Å². The van der Waals surface area contributed by atoms with Crippen molar-refractivity contribution >= 4 is 5.57 Å². The first-order valence-electron chi connectivity index (χ1n) is 8.22. The summed E-state index contributed by atoms with van der Waals surface area (Å²) in [7, 11) is 0. The van der Waals surface area contributed by atoms with Crippen molar-refractivity contribution in [2.45, 2.75) is 44.3 Å². The van der Waals surface area contributed by atoms with Gasteiger partial charge in [-0.25, -0.2) is 0 Å². The van der Waals surface area contributed by atoms with Gasteiger partial charge in [0.2, 0.25) is 0 Å². The van der Waals surface area contributed by atoms with Crippen LogP contribution in [-0.2, 0) is 11.2 Å². The Morgan fingerprint density at radius 2 is 1.82 bits per heavy atom. The second-order valence-electron chi connectivity index (χ2n) is 6.78. The molecule has 2 aliphatic rings. The first kappa shape index (κ1) is 13.8. The Bertz CT molecular complexity index is 684. The van der Waals surface area contributed by atoms with E-state index in [1.165, 1.54) is 28.7 Å². The lowest BCUT2D eigenvalue weighted by molar-refractivity contribution is -0.0260. The van der Waals surface area contributed by atoms with Gasteiger partial charge in [-0.2, -0.15) is 0 Å². The van der Waals surface area contributed by atoms with Gasteiger partial charge < -0.3 is 4.74 Å². The Balaban J connectivity index is 1.61. The van der Waals surface area contributed by atoms with Crippen LogP contribution in [0.25, 0.3) is 5.57 Å². The van der Waals surface area contributed by atoms with Crippen molar-refractivity contribution in [3.8, 4) is 0 Å². The lowest BCUT2D eigenvalue weighted by Gasteiger charge is -2.34. The second kappa shape index (κ2) is 5.40. The summed E-state index contributed by atoms with van der Waals surface area (Å²) in [6.07, 6.45) is 7.02. The Hall–Kier alpha value is -1.86. The number of rotatable bonds is 3. The van der Waals surface area contributed by atoms with Gasteiger partial charge in [0.15, 0.2) is 0 Å². The molecule has 0 radical (unpaired) electrons. The lowest BCUT2D eigenvalue weighted by atomic mass is 9.84. The maximum absolute atomic E-state index is 6.39. The van der Waals surface area contributed by atoms with Crippen LogP contribution in [0.3, 0.4) is 0 Å². The fourth-order valence-corrected chi connectivity index (χ4v) is 3.85. The van der Waals surface area contributed by atoms with E-state index in [0.29, 0.717) is 6.10 Å². The first-order valence-corrected chi connectivity index (χ1v) is 8.22. The fourth-order valence-electron chi connectivity index (χ4n) is 3.85. The molecule has 1 fully saturated rings. The fraction of sp³-hybridized carbons (Fsp3) is 0.333. The van der Waals surface area contributed by atoms with E-state index in [1.807, 2.05) is 0 Å². The van der Waals surface area contributed by atoms with Crippen LogP contribution in [-0.4, -0.2) is 11.7 Å². The topological polar surface area (TPSA) is 9.23 Å². The predicted molar refractivity (Wildman–Crippen MR) is 90.8 cm³/mol. The summed E-state index contributed by atoms with van der Waals surface area (Å²) < 4.78 is 6.39. The quantitative estimate of drug-likeness (QED) is 0.777. The number of hydrogen-bond donors (Lipinski definition) is 0. The minimum Gasteiger partial charge on any atom is -0.367 e. The Kier molecular flexibility index (Phi) is 3.38. The molecule has 2 bridgehead atoms. The van der Waals surface area contributed by atoms with Gasteiger partial charge in [0.05, 0.1) is 11.7 Å². The molecule has 0 aliphatic carbocycles. The molecule has 22 heavy (non-hydrogen) atoms. The van der Waals surface area contributed by atoms with E-state index in [9.17, 15) is 0 Å². The molecule has 4 rings (SSSR count). The Morgan fingerprint density at radius 1 is 1.05 bits per heavy atom. The molecule has 1 saturated heterocycles. The van der Waals surface area contributed by atoms with Gasteiger partial charge in [0, 0.05) is 12.8 Å². The van der Waals surface area contributed by atoms with E-state index in [0.717, 1.165) is 19.3 Å². The van der Waals surface area contributed by atoms with Crippen LogP contribution < -0.4 is 0 Å². The second-order valence-corrected chi connectivity index (χ2v) is 6.78. The third-order valence-corrected chi connectivity index (χ3v) is 4.98. The lowest BCUT2D eigenvalue weighted by Crippen LogP contribution is -2.34. The van der Waals surface area contributed by atoms with Crippen molar-refractivity contribution in [2.24, 2.45) is 0 Å². The summed E-state index contributed by atoms with van der Waals surface area (Å²) in [5.74, 6) is 0. The standard InChI is InChI=1S/C21H22O/c1-16-7-9-18(10-8-16)19-13-20-11-12-21(15-19,22-20)14-17-5-3-2-4-6-17/h2-10,13,20H,11-12,14-15H2,1H3/t20-,21-/m0/s1. The third-order valence-electron chi connectivity index (χ3n) is 4.98. The molecule has 2 heterocycles. The normalized spacial score (nSPS) is 26.8. The Labute approximate surface area is 132 Å². The number of hydrogen-bond acceptors (Lipinski definition) is 1. The monoisotopic (exact) mass is 290 g/mol. The summed E-state index contributed by atoms with van der Waals surface area (Å²) in [4.78, 5) is 0. The third kappa shape index (κ3) is 2.62. The molecular weight excluding hydrogens is 268 g/mol. The number of aryl methyl sites for hydroxylation is 1. The van der Waals surface area contributed by atoms with Gasteiger partial charge in [0.25, 0.3) is 0 Å². The average molecular weight is 290 g/mol. The van der Waals surface area contributed by atoms with Crippen LogP contribution >= 0.6 is 0 Å². The molecule has 1 heteroatoms. The van der Waals surface area contributed by atoms with Crippen LogP contribution in [0.15, 0.2) is 60.7 Å². The maximum atomic E-state index is 6.39. The highest BCUT2D eigenvalue weighted by Gasteiger charge is 2.43. The van der Waals surface area contributed by atoms with Crippen LogP contribution in [0.4, 0.5) is 0 Å². The Morgan fingerprint density at radius 3 is 2.59 bits per heavy atom. The molecule has 0 saturated carbocycles. The highest BCUT2D eigenvalue weighted by atomic mass is 16.5. The number of fused-ring (bicyclic) bond motifs is 2. The summed E-state index contributed by atoms with van der Waals surface area (Å²) in [6, 6.07) is 19.7. The van der Waals surface area contributed by atoms with Crippen LogP contribution in [0.1, 0.15) is 36.0 Å². The molecule has 2 aliphatic heterocycles. The van der Waals surface area contributed by atoms with E-state index in [1.54, 1.807) is 0 Å². The van der Waals surface area contributed by atoms with E-state index in [4.69, 9.17) is 4.74 Å². The molecule has 0 N–H and O–H groups in total. The summed E-state index contributed by atoms with van der Waals surface area (Å²) in [5, 5.41) is 0. The van der Waals surface area contributed by atoms with Gasteiger partial charge in [0.1, 0.15) is 0 Å². The smallest absolute Gasteiger partial charge is 0.0772 e. The minimum atomic E-state index is 0.000982. The SMILES string of the molecule is Cc1ccc(C2=C[C@@H]3CC[C@](Cc4ccccc4)(C2)O3)cc1. The molecule has 2 atom stereocenters. The molecule has 1 nitrogen and oxygen atoms in total. The van der Waals surface area contributed by atoms with E-state index >= 15 is 0 Å². The van der Waals surface area contributed by atoms with Crippen LogP contribution in [0.2, 0.25) is 0 Å². The molecular formula is C21H22O. The summed E-state index contributed by atoms with van der Waals surface area (Å²) in [5.41, 5.74) is 5.52. The summed E-state index contributed by atoms with van der Waals surface area (Å²) in [6.45, 7) is 2.14. The molecule has 0 spiro atoms. The zero-order chi connectivity index (χ0) is 15.0. The summed E-state index contributed by atoms with van der Waals surface area (Å²) >= 11 is 0. The molecule has 0 aromatic heterocycles. The van der Waals surface area contributed by atoms with Gasteiger partial charge in [-0.05, 0) is 36.5 Å². The average Bonchev–Trinajstić information content (AvgIpc) is 2.83. The van der Waals surface area contributed by atoms with Gasteiger partial charge in [-0.1, -0.05) is 66.2 Å². The van der Waals surface area contributed by atoms with Crippen molar-refractivity contribution in [3.05, 3.63) is 77.4 Å². The first-order chi connectivity index (χ1) is 10.7. The van der Waals surface area contributed by atoms with Crippen molar-refractivity contribution in [2.75, 3.05) is 0 Å². The van der Waals surface area contributed by atoms with Gasteiger partial charge in [-0.15, -0.1) is 0 Å². The van der Waals surface area contributed by atoms with E-state index < -0.39 is 0 Å².